The van der Waals surface area contributed by atoms with E-state index in [2.05, 4.69) is 28.5 Å². The second-order valence-electron chi connectivity index (χ2n) is 7.35. The number of rotatable bonds is 7. The van der Waals surface area contributed by atoms with Crippen molar-refractivity contribution in [2.75, 3.05) is 20.2 Å². The molecule has 1 aliphatic rings. The van der Waals surface area contributed by atoms with Crippen LogP contribution in [0.5, 0.6) is 5.75 Å². The molecular weight excluding hydrogens is 382 g/mol. The number of likely N-dealkylation sites (tertiary alicyclic amines) is 1. The molecule has 6 heteroatoms. The van der Waals surface area contributed by atoms with Crippen molar-refractivity contribution < 1.29 is 14.4 Å². The third-order valence-corrected chi connectivity index (χ3v) is 6.27. The van der Waals surface area contributed by atoms with Gasteiger partial charge in [0.1, 0.15) is 23.0 Å². The molecule has 1 aromatic heterocycles. The quantitative estimate of drug-likeness (QED) is 0.632. The highest BCUT2D eigenvalue weighted by Gasteiger charge is 2.18. The van der Waals surface area contributed by atoms with Gasteiger partial charge in [-0.05, 0) is 29.8 Å². The number of methoxy groups -OCH3 is 1. The summed E-state index contributed by atoms with van der Waals surface area (Å²) in [5.41, 5.74) is 3.95. The lowest BCUT2D eigenvalue weighted by molar-refractivity contribution is -0.901. The SMILES string of the molecule is COc1ccc(-c2nc(C(=O)NCc3ccccc3C[NH+]3CCCC3)cs2)cc1. The van der Waals surface area contributed by atoms with Crippen LogP contribution < -0.4 is 15.0 Å². The van der Waals surface area contributed by atoms with Gasteiger partial charge in [0.25, 0.3) is 5.91 Å². The van der Waals surface area contributed by atoms with Gasteiger partial charge in [0, 0.05) is 35.9 Å². The molecule has 4 rings (SSSR count). The zero-order chi connectivity index (χ0) is 20.1. The molecule has 1 fully saturated rings. The van der Waals surface area contributed by atoms with Crippen molar-refractivity contribution in [3.63, 3.8) is 0 Å². The van der Waals surface area contributed by atoms with Gasteiger partial charge in [-0.3, -0.25) is 4.79 Å². The minimum absolute atomic E-state index is 0.135. The number of carbonyl (C=O) groups is 1. The Hall–Kier alpha value is -2.70. The van der Waals surface area contributed by atoms with E-state index in [9.17, 15) is 4.79 Å². The van der Waals surface area contributed by atoms with E-state index in [0.29, 0.717) is 12.2 Å². The average Bonchev–Trinajstić information content (AvgIpc) is 3.45. The van der Waals surface area contributed by atoms with Gasteiger partial charge in [-0.15, -0.1) is 11.3 Å². The number of ether oxygens (including phenoxy) is 1. The number of nitrogens with zero attached hydrogens (tertiary/aromatic N) is 1. The molecule has 0 atom stereocenters. The Bertz CT molecular complexity index is 962. The van der Waals surface area contributed by atoms with Gasteiger partial charge in [0.05, 0.1) is 20.2 Å². The Labute approximate surface area is 175 Å². The van der Waals surface area contributed by atoms with Crippen molar-refractivity contribution in [2.24, 2.45) is 0 Å². The Balaban J connectivity index is 1.39. The number of thiazole rings is 1. The first kappa shape index (κ1) is 19.6. The number of carbonyl (C=O) groups excluding carboxylic acids is 1. The Morgan fingerprint density at radius 1 is 1.10 bits per heavy atom. The van der Waals surface area contributed by atoms with Crippen LogP contribution in [0.1, 0.15) is 34.5 Å². The van der Waals surface area contributed by atoms with Crippen molar-refractivity contribution in [1.29, 1.82) is 0 Å². The number of nitrogens with one attached hydrogen (secondary N) is 2. The molecule has 0 spiro atoms. The highest BCUT2D eigenvalue weighted by molar-refractivity contribution is 7.13. The second kappa shape index (κ2) is 9.20. The van der Waals surface area contributed by atoms with Crippen molar-refractivity contribution in [1.82, 2.24) is 10.3 Å². The van der Waals surface area contributed by atoms with Crippen LogP contribution in [0.4, 0.5) is 0 Å². The lowest BCUT2D eigenvalue weighted by atomic mass is 10.1. The zero-order valence-electron chi connectivity index (χ0n) is 16.6. The molecule has 29 heavy (non-hydrogen) atoms. The van der Waals surface area contributed by atoms with E-state index in [1.165, 1.54) is 48.4 Å². The Morgan fingerprint density at radius 2 is 1.83 bits per heavy atom. The third-order valence-electron chi connectivity index (χ3n) is 5.38. The Morgan fingerprint density at radius 3 is 2.55 bits per heavy atom. The number of hydrogen-bond donors (Lipinski definition) is 2. The van der Waals surface area contributed by atoms with E-state index in [1.54, 1.807) is 12.0 Å². The molecule has 1 amide bonds. The zero-order valence-corrected chi connectivity index (χ0v) is 17.4. The summed E-state index contributed by atoms with van der Waals surface area (Å²) >= 11 is 1.47. The molecule has 0 saturated carbocycles. The maximum atomic E-state index is 12.6. The van der Waals surface area contributed by atoms with Crippen LogP contribution in [0.15, 0.2) is 53.9 Å². The number of aromatic nitrogens is 1. The number of amides is 1. The summed E-state index contributed by atoms with van der Waals surface area (Å²) in [5, 5.41) is 5.68. The lowest BCUT2D eigenvalue weighted by Crippen LogP contribution is -3.08. The summed E-state index contributed by atoms with van der Waals surface area (Å²) in [6.07, 6.45) is 2.63. The van der Waals surface area contributed by atoms with Gasteiger partial charge in [0.15, 0.2) is 0 Å². The monoisotopic (exact) mass is 408 g/mol. The van der Waals surface area contributed by atoms with E-state index >= 15 is 0 Å². The Kier molecular flexibility index (Phi) is 6.22. The summed E-state index contributed by atoms with van der Waals surface area (Å²) in [5.74, 6) is 0.669. The van der Waals surface area contributed by atoms with E-state index in [0.717, 1.165) is 22.9 Å². The molecule has 1 aliphatic heterocycles. The van der Waals surface area contributed by atoms with Crippen molar-refractivity contribution in [2.45, 2.75) is 25.9 Å². The summed E-state index contributed by atoms with van der Waals surface area (Å²) in [6, 6.07) is 16.1. The fourth-order valence-electron chi connectivity index (χ4n) is 3.73. The first-order valence-corrected chi connectivity index (χ1v) is 10.9. The van der Waals surface area contributed by atoms with Gasteiger partial charge in [-0.25, -0.2) is 4.98 Å². The number of quaternary nitrogens is 1. The fourth-order valence-corrected chi connectivity index (χ4v) is 4.54. The smallest absolute Gasteiger partial charge is 0.271 e. The molecule has 2 heterocycles. The highest BCUT2D eigenvalue weighted by Crippen LogP contribution is 2.25. The summed E-state index contributed by atoms with van der Waals surface area (Å²) < 4.78 is 5.19. The lowest BCUT2D eigenvalue weighted by Gasteiger charge is -2.15. The maximum absolute atomic E-state index is 12.6. The standard InChI is InChI=1S/C23H25N3O2S/c1-28-20-10-8-17(9-11-20)23-25-21(16-29-23)22(27)24-14-18-6-2-3-7-19(18)15-26-12-4-5-13-26/h2-3,6-11,16H,4-5,12-15H2,1H3,(H,24,27)/p+1. The maximum Gasteiger partial charge on any atom is 0.271 e. The van der Waals surface area contributed by atoms with Crippen LogP contribution in [0, 0.1) is 0 Å². The first-order valence-electron chi connectivity index (χ1n) is 10.0. The number of benzene rings is 2. The minimum Gasteiger partial charge on any atom is -0.497 e. The predicted molar refractivity (Wildman–Crippen MR) is 115 cm³/mol. The molecule has 0 aliphatic carbocycles. The van der Waals surface area contributed by atoms with Gasteiger partial charge >= 0.3 is 0 Å². The van der Waals surface area contributed by atoms with Crippen LogP contribution in [0.2, 0.25) is 0 Å². The molecule has 3 aromatic rings. The van der Waals surface area contributed by atoms with Crippen LogP contribution in [0.3, 0.4) is 0 Å². The molecule has 2 aromatic carbocycles. The summed E-state index contributed by atoms with van der Waals surface area (Å²) in [4.78, 5) is 18.8. The topological polar surface area (TPSA) is 55.7 Å². The van der Waals surface area contributed by atoms with Gasteiger partial charge < -0.3 is 15.0 Å². The van der Waals surface area contributed by atoms with Gasteiger partial charge in [-0.2, -0.15) is 0 Å². The molecule has 0 radical (unpaired) electrons. The van der Waals surface area contributed by atoms with Crippen molar-refractivity contribution >= 4 is 17.2 Å². The summed E-state index contributed by atoms with van der Waals surface area (Å²) in [7, 11) is 1.64. The van der Waals surface area contributed by atoms with Crippen molar-refractivity contribution in [3.8, 4) is 16.3 Å². The largest absolute Gasteiger partial charge is 0.497 e. The normalized spacial score (nSPS) is 14.1. The number of hydrogen-bond acceptors (Lipinski definition) is 4. The fraction of sp³-hybridized carbons (Fsp3) is 0.304. The molecule has 150 valence electrons. The van der Waals surface area contributed by atoms with Crippen LogP contribution in [-0.2, 0) is 13.1 Å². The van der Waals surface area contributed by atoms with Crippen LogP contribution in [0.25, 0.3) is 10.6 Å². The van der Waals surface area contributed by atoms with E-state index in [1.807, 2.05) is 35.7 Å². The second-order valence-corrected chi connectivity index (χ2v) is 8.21. The highest BCUT2D eigenvalue weighted by atomic mass is 32.1. The molecular formula is C23H26N3O2S+. The minimum atomic E-state index is -0.135. The predicted octanol–water partition coefficient (Wildman–Crippen LogP) is 2.93. The molecule has 0 bridgehead atoms. The summed E-state index contributed by atoms with van der Waals surface area (Å²) in [6.45, 7) is 4.04. The average molecular weight is 409 g/mol. The van der Waals surface area contributed by atoms with E-state index in [4.69, 9.17) is 4.74 Å². The molecule has 0 unspecified atom stereocenters. The first-order chi connectivity index (χ1) is 14.2. The van der Waals surface area contributed by atoms with E-state index < -0.39 is 0 Å². The third kappa shape index (κ3) is 4.83. The van der Waals surface area contributed by atoms with Crippen LogP contribution in [-0.4, -0.2) is 31.1 Å². The molecule has 1 saturated heterocycles. The van der Waals surface area contributed by atoms with Crippen molar-refractivity contribution in [3.05, 3.63) is 70.7 Å². The van der Waals surface area contributed by atoms with Gasteiger partial charge in [0.2, 0.25) is 0 Å². The molecule has 5 nitrogen and oxygen atoms in total. The molecule has 2 N–H and O–H groups in total. The van der Waals surface area contributed by atoms with Crippen LogP contribution >= 0.6 is 11.3 Å². The van der Waals surface area contributed by atoms with E-state index in [-0.39, 0.29) is 5.91 Å². The van der Waals surface area contributed by atoms with Gasteiger partial charge in [-0.1, -0.05) is 24.3 Å².